The topological polar surface area (TPSA) is 66.9 Å². The lowest BCUT2D eigenvalue weighted by atomic mass is 10.2. The maximum absolute atomic E-state index is 12.4. The number of hydrogen-bond donors (Lipinski definition) is 2. The standard InChI is InChI=1S/C15H17BrN4O/c1-3-5-18-13-9-17-6-4-12(13)15(21)20-14-10(2)7-11(16)8-19-14/h4,6-9,18H,3,5H2,1-2H3,(H,19,20,21). The summed E-state index contributed by atoms with van der Waals surface area (Å²) >= 11 is 3.35. The van der Waals surface area contributed by atoms with Gasteiger partial charge in [0.15, 0.2) is 0 Å². The molecule has 0 aliphatic carbocycles. The van der Waals surface area contributed by atoms with E-state index in [-0.39, 0.29) is 5.91 Å². The van der Waals surface area contributed by atoms with E-state index in [2.05, 4.69) is 43.5 Å². The van der Waals surface area contributed by atoms with Crippen LogP contribution in [0.4, 0.5) is 11.5 Å². The number of nitrogens with one attached hydrogen (secondary N) is 2. The number of nitrogens with zero attached hydrogens (tertiary/aromatic N) is 2. The lowest BCUT2D eigenvalue weighted by Gasteiger charge is -2.12. The van der Waals surface area contributed by atoms with Crippen molar-refractivity contribution < 1.29 is 4.79 Å². The third-order valence-corrected chi connectivity index (χ3v) is 3.34. The van der Waals surface area contributed by atoms with E-state index >= 15 is 0 Å². The number of aryl methyl sites for hydroxylation is 1. The summed E-state index contributed by atoms with van der Waals surface area (Å²) < 4.78 is 0.882. The van der Waals surface area contributed by atoms with Crippen LogP contribution in [0.2, 0.25) is 0 Å². The van der Waals surface area contributed by atoms with Crippen molar-refractivity contribution in [1.82, 2.24) is 9.97 Å². The average molecular weight is 349 g/mol. The van der Waals surface area contributed by atoms with Gasteiger partial charge >= 0.3 is 0 Å². The first-order valence-electron chi connectivity index (χ1n) is 6.73. The summed E-state index contributed by atoms with van der Waals surface area (Å²) in [5, 5.41) is 6.03. The van der Waals surface area contributed by atoms with Crippen molar-refractivity contribution >= 4 is 33.3 Å². The van der Waals surface area contributed by atoms with Crippen LogP contribution >= 0.6 is 15.9 Å². The minimum atomic E-state index is -0.200. The first-order chi connectivity index (χ1) is 10.1. The van der Waals surface area contributed by atoms with Crippen molar-refractivity contribution in [2.45, 2.75) is 20.3 Å². The highest BCUT2D eigenvalue weighted by molar-refractivity contribution is 9.10. The molecule has 0 bridgehead atoms. The van der Waals surface area contributed by atoms with Crippen LogP contribution < -0.4 is 10.6 Å². The molecule has 110 valence electrons. The third-order valence-electron chi connectivity index (χ3n) is 2.91. The van der Waals surface area contributed by atoms with Gasteiger partial charge in [0.1, 0.15) is 5.82 Å². The van der Waals surface area contributed by atoms with Gasteiger partial charge < -0.3 is 10.6 Å². The lowest BCUT2D eigenvalue weighted by Crippen LogP contribution is -2.16. The number of carbonyl (C=O) groups is 1. The Labute approximate surface area is 132 Å². The number of amides is 1. The number of carbonyl (C=O) groups excluding carboxylic acids is 1. The normalized spacial score (nSPS) is 10.2. The van der Waals surface area contributed by atoms with Gasteiger partial charge in [0.25, 0.3) is 5.91 Å². The zero-order valence-corrected chi connectivity index (χ0v) is 13.6. The Kier molecular flexibility index (Phi) is 5.27. The number of aromatic nitrogens is 2. The fourth-order valence-electron chi connectivity index (χ4n) is 1.84. The highest BCUT2D eigenvalue weighted by atomic mass is 79.9. The van der Waals surface area contributed by atoms with Crippen molar-refractivity contribution in [3.05, 3.63) is 46.3 Å². The van der Waals surface area contributed by atoms with Crippen LogP contribution in [-0.4, -0.2) is 22.4 Å². The summed E-state index contributed by atoms with van der Waals surface area (Å²) in [7, 11) is 0. The summed E-state index contributed by atoms with van der Waals surface area (Å²) in [6.45, 7) is 4.76. The fraction of sp³-hybridized carbons (Fsp3) is 0.267. The summed E-state index contributed by atoms with van der Waals surface area (Å²) in [5.41, 5.74) is 2.18. The van der Waals surface area contributed by atoms with Gasteiger partial charge in [-0.25, -0.2) is 4.98 Å². The van der Waals surface area contributed by atoms with Gasteiger partial charge in [0.05, 0.1) is 17.4 Å². The van der Waals surface area contributed by atoms with Gasteiger partial charge in [0, 0.05) is 23.4 Å². The zero-order valence-electron chi connectivity index (χ0n) is 12.0. The van der Waals surface area contributed by atoms with E-state index in [4.69, 9.17) is 0 Å². The number of anilines is 2. The fourth-order valence-corrected chi connectivity index (χ4v) is 2.28. The molecule has 0 aliphatic rings. The minimum absolute atomic E-state index is 0.200. The van der Waals surface area contributed by atoms with Crippen molar-refractivity contribution in [2.75, 3.05) is 17.2 Å². The van der Waals surface area contributed by atoms with E-state index in [1.165, 1.54) is 0 Å². The SMILES string of the molecule is CCCNc1cnccc1C(=O)Nc1ncc(Br)cc1C. The molecule has 0 atom stereocenters. The van der Waals surface area contributed by atoms with Crippen molar-refractivity contribution in [3.8, 4) is 0 Å². The lowest BCUT2D eigenvalue weighted by molar-refractivity contribution is 0.102. The van der Waals surface area contributed by atoms with Gasteiger partial charge in [0.2, 0.25) is 0 Å². The molecule has 5 nitrogen and oxygen atoms in total. The van der Waals surface area contributed by atoms with Crippen LogP contribution in [0, 0.1) is 6.92 Å². The van der Waals surface area contributed by atoms with Crippen molar-refractivity contribution in [2.24, 2.45) is 0 Å². The first-order valence-corrected chi connectivity index (χ1v) is 7.52. The largest absolute Gasteiger partial charge is 0.383 e. The Morgan fingerprint density at radius 3 is 2.90 bits per heavy atom. The Morgan fingerprint density at radius 2 is 2.19 bits per heavy atom. The molecule has 1 amide bonds. The van der Waals surface area contributed by atoms with Gasteiger partial charge in [-0.1, -0.05) is 6.92 Å². The molecule has 2 rings (SSSR count). The molecule has 0 radical (unpaired) electrons. The number of halogens is 1. The molecule has 0 aromatic carbocycles. The second-order valence-electron chi connectivity index (χ2n) is 4.62. The number of pyridine rings is 2. The minimum Gasteiger partial charge on any atom is -0.383 e. The van der Waals surface area contributed by atoms with Crippen molar-refractivity contribution in [3.63, 3.8) is 0 Å². The van der Waals surface area contributed by atoms with Gasteiger partial charge in [-0.3, -0.25) is 9.78 Å². The maximum Gasteiger partial charge on any atom is 0.259 e. The highest BCUT2D eigenvalue weighted by Crippen LogP contribution is 2.19. The summed E-state index contributed by atoms with van der Waals surface area (Å²) in [6, 6.07) is 3.60. The van der Waals surface area contributed by atoms with Crippen molar-refractivity contribution in [1.29, 1.82) is 0 Å². The van der Waals surface area contributed by atoms with Crippen LogP contribution in [0.5, 0.6) is 0 Å². The van der Waals surface area contributed by atoms with E-state index < -0.39 is 0 Å². The van der Waals surface area contributed by atoms with E-state index in [9.17, 15) is 4.79 Å². The molecule has 0 aliphatic heterocycles. The summed E-state index contributed by atoms with van der Waals surface area (Å²) in [5.74, 6) is 0.357. The Hall–Kier alpha value is -1.95. The Morgan fingerprint density at radius 1 is 1.38 bits per heavy atom. The molecule has 0 saturated carbocycles. The van der Waals surface area contributed by atoms with Crippen LogP contribution in [0.3, 0.4) is 0 Å². The predicted molar refractivity (Wildman–Crippen MR) is 87.6 cm³/mol. The number of hydrogen-bond acceptors (Lipinski definition) is 4. The molecule has 2 aromatic rings. The Bertz CT molecular complexity index is 645. The monoisotopic (exact) mass is 348 g/mol. The van der Waals surface area contributed by atoms with E-state index in [1.807, 2.05) is 13.0 Å². The van der Waals surface area contributed by atoms with E-state index in [0.29, 0.717) is 11.4 Å². The van der Waals surface area contributed by atoms with E-state index in [0.717, 1.165) is 28.7 Å². The smallest absolute Gasteiger partial charge is 0.259 e. The molecular weight excluding hydrogens is 332 g/mol. The second kappa shape index (κ2) is 7.17. The molecular formula is C15H17BrN4O. The molecule has 2 aromatic heterocycles. The summed E-state index contributed by atoms with van der Waals surface area (Å²) in [4.78, 5) is 20.7. The number of rotatable bonds is 5. The third kappa shape index (κ3) is 4.01. The second-order valence-corrected chi connectivity index (χ2v) is 5.54. The molecule has 0 unspecified atom stereocenters. The quantitative estimate of drug-likeness (QED) is 0.865. The maximum atomic E-state index is 12.4. The van der Waals surface area contributed by atoms with Crippen LogP contribution in [-0.2, 0) is 0 Å². The highest BCUT2D eigenvalue weighted by Gasteiger charge is 2.13. The molecule has 21 heavy (non-hydrogen) atoms. The van der Waals surface area contributed by atoms with Gasteiger partial charge in [-0.15, -0.1) is 0 Å². The molecule has 2 N–H and O–H groups in total. The van der Waals surface area contributed by atoms with Crippen LogP contribution in [0.1, 0.15) is 29.3 Å². The van der Waals surface area contributed by atoms with Crippen LogP contribution in [0.25, 0.3) is 0 Å². The van der Waals surface area contributed by atoms with Gasteiger partial charge in [-0.05, 0) is 47.0 Å². The molecule has 0 saturated heterocycles. The summed E-state index contributed by atoms with van der Waals surface area (Å²) in [6.07, 6.45) is 5.90. The molecule has 0 fully saturated rings. The Balaban J connectivity index is 2.20. The van der Waals surface area contributed by atoms with Crippen LogP contribution in [0.15, 0.2) is 35.2 Å². The van der Waals surface area contributed by atoms with E-state index in [1.54, 1.807) is 24.7 Å². The zero-order chi connectivity index (χ0) is 15.2. The molecule has 2 heterocycles. The molecule has 6 heteroatoms. The van der Waals surface area contributed by atoms with Gasteiger partial charge in [-0.2, -0.15) is 0 Å². The predicted octanol–water partition coefficient (Wildman–Crippen LogP) is 3.62. The average Bonchev–Trinajstić information content (AvgIpc) is 2.48. The molecule has 0 spiro atoms. The first kappa shape index (κ1) is 15.4.